The Hall–Kier alpha value is -5.40. The summed E-state index contributed by atoms with van der Waals surface area (Å²) < 4.78 is 2.97. The fraction of sp³-hybridized carbons (Fsp3) is 0.0638. The van der Waals surface area contributed by atoms with Crippen LogP contribution in [0.4, 0.5) is 17.1 Å². The van der Waals surface area contributed by atoms with Gasteiger partial charge in [-0.3, -0.25) is 0 Å². The second-order valence-electron chi connectivity index (χ2n) is 13.7. The standard InChI is InChI=1S/C47H33NSe/c1-47(2)41-21-10-8-19-36(41)37-24-23-34(29-42(37)47)48(33-17-12-16-31(27-33)30-13-4-3-5-14-30)43-28-32-15-6-7-18-35(32)45-40(43)26-25-39-38-20-9-11-22-44(38)49-46(39)45/h3-29H,1-2H3. The van der Waals surface area contributed by atoms with Crippen molar-refractivity contribution >= 4 is 72.4 Å². The van der Waals surface area contributed by atoms with Gasteiger partial charge in [0.05, 0.1) is 0 Å². The summed E-state index contributed by atoms with van der Waals surface area (Å²) in [5, 5.41) is 8.06. The zero-order chi connectivity index (χ0) is 32.7. The van der Waals surface area contributed by atoms with Crippen LogP contribution in [-0.4, -0.2) is 14.5 Å². The molecular formula is C47H33NSe. The van der Waals surface area contributed by atoms with E-state index in [1.54, 1.807) is 0 Å². The Balaban J connectivity index is 1.29. The molecule has 0 bridgehead atoms. The molecule has 1 aliphatic carbocycles. The van der Waals surface area contributed by atoms with Crippen molar-refractivity contribution in [3.05, 3.63) is 175 Å². The summed E-state index contributed by atoms with van der Waals surface area (Å²) in [6.07, 6.45) is 0. The fourth-order valence-electron chi connectivity index (χ4n) is 8.24. The minimum absolute atomic E-state index is 0.0972. The van der Waals surface area contributed by atoms with Gasteiger partial charge in [-0.15, -0.1) is 0 Å². The maximum absolute atomic E-state index is 2.52. The van der Waals surface area contributed by atoms with Crippen molar-refractivity contribution in [2.24, 2.45) is 0 Å². The van der Waals surface area contributed by atoms with Gasteiger partial charge in [-0.1, -0.05) is 0 Å². The Bertz CT molecular complexity index is 2750. The third kappa shape index (κ3) is 4.31. The average Bonchev–Trinajstić information content (AvgIpc) is 3.64. The fourth-order valence-corrected chi connectivity index (χ4v) is 10.9. The predicted octanol–water partition coefficient (Wildman–Crippen LogP) is 12.8. The summed E-state index contributed by atoms with van der Waals surface area (Å²) in [4.78, 5) is 2.52. The normalized spacial score (nSPS) is 13.3. The number of benzene rings is 8. The number of anilines is 3. The van der Waals surface area contributed by atoms with Crippen molar-refractivity contribution in [1.82, 2.24) is 0 Å². The molecule has 1 aliphatic rings. The summed E-state index contributed by atoms with van der Waals surface area (Å²) in [6.45, 7) is 4.74. The molecule has 1 aromatic heterocycles. The predicted molar refractivity (Wildman–Crippen MR) is 211 cm³/mol. The van der Waals surface area contributed by atoms with E-state index < -0.39 is 0 Å². The number of hydrogen-bond donors (Lipinski definition) is 0. The SMILES string of the molecule is CC1(C)c2ccccc2-c2ccc(N(c3cccc(-c4ccccc4)c3)c3cc4ccccc4c4c3ccc3c5ccccc5[se]c34)cc21. The molecule has 9 aromatic rings. The first kappa shape index (κ1) is 28.6. The third-order valence-corrected chi connectivity index (χ3v) is 13.1. The van der Waals surface area contributed by atoms with Gasteiger partial charge in [0.1, 0.15) is 0 Å². The van der Waals surface area contributed by atoms with Crippen LogP contribution in [0.15, 0.2) is 164 Å². The molecule has 232 valence electrons. The van der Waals surface area contributed by atoms with Crippen LogP contribution in [0.1, 0.15) is 25.0 Å². The van der Waals surface area contributed by atoms with E-state index in [-0.39, 0.29) is 19.9 Å². The van der Waals surface area contributed by atoms with E-state index in [4.69, 9.17) is 0 Å². The molecule has 10 rings (SSSR count). The Morgan fingerprint density at radius 2 is 1.16 bits per heavy atom. The second-order valence-corrected chi connectivity index (χ2v) is 15.9. The molecule has 0 aliphatic heterocycles. The monoisotopic (exact) mass is 691 g/mol. The Morgan fingerprint density at radius 1 is 0.469 bits per heavy atom. The first-order valence-electron chi connectivity index (χ1n) is 17.0. The molecule has 0 N–H and O–H groups in total. The quantitative estimate of drug-likeness (QED) is 0.131. The van der Waals surface area contributed by atoms with Gasteiger partial charge in [-0.05, 0) is 0 Å². The van der Waals surface area contributed by atoms with Crippen molar-refractivity contribution in [2.45, 2.75) is 19.3 Å². The van der Waals surface area contributed by atoms with E-state index in [2.05, 4.69) is 183 Å². The number of hydrogen-bond acceptors (Lipinski definition) is 1. The van der Waals surface area contributed by atoms with Crippen LogP contribution in [-0.2, 0) is 5.41 Å². The Labute approximate surface area is 292 Å². The van der Waals surface area contributed by atoms with Crippen LogP contribution in [0.2, 0.25) is 0 Å². The van der Waals surface area contributed by atoms with E-state index in [0.717, 1.165) is 5.69 Å². The van der Waals surface area contributed by atoms with Crippen LogP contribution in [0.3, 0.4) is 0 Å². The van der Waals surface area contributed by atoms with Crippen molar-refractivity contribution in [3.8, 4) is 22.3 Å². The summed E-state index contributed by atoms with van der Waals surface area (Å²) in [5.74, 6) is 0. The van der Waals surface area contributed by atoms with Gasteiger partial charge in [-0.25, -0.2) is 0 Å². The zero-order valence-corrected chi connectivity index (χ0v) is 29.2. The molecule has 0 amide bonds. The minimum atomic E-state index is -0.0972. The molecule has 0 saturated heterocycles. The molecule has 49 heavy (non-hydrogen) atoms. The summed E-state index contributed by atoms with van der Waals surface area (Å²) in [7, 11) is 0. The van der Waals surface area contributed by atoms with Gasteiger partial charge in [0.2, 0.25) is 0 Å². The van der Waals surface area contributed by atoms with E-state index in [1.807, 2.05) is 0 Å². The van der Waals surface area contributed by atoms with Crippen LogP contribution >= 0.6 is 0 Å². The molecule has 0 spiro atoms. The molecule has 2 heteroatoms. The van der Waals surface area contributed by atoms with Gasteiger partial charge < -0.3 is 0 Å². The van der Waals surface area contributed by atoms with Crippen LogP contribution < -0.4 is 4.90 Å². The summed E-state index contributed by atoms with van der Waals surface area (Å²) in [6, 6.07) is 61.0. The van der Waals surface area contributed by atoms with Crippen molar-refractivity contribution in [3.63, 3.8) is 0 Å². The molecule has 0 radical (unpaired) electrons. The number of rotatable bonds is 4. The van der Waals surface area contributed by atoms with Gasteiger partial charge in [-0.2, -0.15) is 0 Å². The van der Waals surface area contributed by atoms with Crippen LogP contribution in [0, 0.1) is 0 Å². The molecule has 1 nitrogen and oxygen atoms in total. The first-order valence-corrected chi connectivity index (χ1v) is 18.7. The molecule has 0 saturated carbocycles. The molecular weight excluding hydrogens is 657 g/mol. The molecule has 0 atom stereocenters. The van der Waals surface area contributed by atoms with E-state index in [1.165, 1.54) is 85.6 Å². The average molecular weight is 691 g/mol. The van der Waals surface area contributed by atoms with Crippen molar-refractivity contribution in [1.29, 1.82) is 0 Å². The topological polar surface area (TPSA) is 3.24 Å². The van der Waals surface area contributed by atoms with E-state index >= 15 is 0 Å². The maximum atomic E-state index is 2.52. The Kier molecular flexibility index (Phi) is 6.31. The Morgan fingerprint density at radius 3 is 2.06 bits per heavy atom. The van der Waals surface area contributed by atoms with Crippen LogP contribution in [0.5, 0.6) is 0 Å². The molecule has 0 fully saturated rings. The summed E-state index contributed by atoms with van der Waals surface area (Å²) >= 11 is 0.230. The van der Waals surface area contributed by atoms with Gasteiger partial charge in [0, 0.05) is 0 Å². The van der Waals surface area contributed by atoms with Crippen LogP contribution in [0.25, 0.3) is 63.1 Å². The third-order valence-electron chi connectivity index (χ3n) is 10.6. The van der Waals surface area contributed by atoms with Crippen molar-refractivity contribution < 1.29 is 0 Å². The van der Waals surface area contributed by atoms with E-state index in [0.29, 0.717) is 0 Å². The molecule has 8 aromatic carbocycles. The van der Waals surface area contributed by atoms with Gasteiger partial charge >= 0.3 is 294 Å². The second kappa shape index (κ2) is 10.8. The molecule has 1 heterocycles. The first-order chi connectivity index (χ1) is 24.1. The van der Waals surface area contributed by atoms with E-state index in [9.17, 15) is 0 Å². The zero-order valence-electron chi connectivity index (χ0n) is 27.4. The number of fused-ring (bicyclic) bond motifs is 10. The summed E-state index contributed by atoms with van der Waals surface area (Å²) in [5.41, 5.74) is 11.3. The van der Waals surface area contributed by atoms with Gasteiger partial charge in [0.25, 0.3) is 0 Å². The van der Waals surface area contributed by atoms with Crippen molar-refractivity contribution in [2.75, 3.05) is 4.90 Å². The molecule has 0 unspecified atom stereocenters. The number of nitrogens with zero attached hydrogens (tertiary/aromatic N) is 1. The van der Waals surface area contributed by atoms with Gasteiger partial charge in [0.15, 0.2) is 0 Å².